The van der Waals surface area contributed by atoms with Gasteiger partial charge in [-0.25, -0.2) is 4.98 Å². The number of amides is 1. The molecule has 6 heteroatoms. The maximum atomic E-state index is 11.4. The molecule has 100 valence electrons. The monoisotopic (exact) mass is 253 g/mol. The maximum absolute atomic E-state index is 11.4. The second kappa shape index (κ2) is 7.47. The van der Waals surface area contributed by atoms with Gasteiger partial charge < -0.3 is 14.2 Å². The molecule has 0 aromatic carbocycles. The summed E-state index contributed by atoms with van der Waals surface area (Å²) in [4.78, 5) is 28.0. The van der Waals surface area contributed by atoms with E-state index in [0.29, 0.717) is 13.1 Å². The number of nitrogens with zero attached hydrogens (tertiary/aromatic N) is 3. The number of methoxy groups -OCH3 is 1. The van der Waals surface area contributed by atoms with Crippen molar-refractivity contribution in [1.82, 2.24) is 14.5 Å². The SMILES string of the molecule is COC(=O)CCN(CCCn1ccnc1)C(C)=O. The van der Waals surface area contributed by atoms with E-state index in [9.17, 15) is 9.59 Å². The average molecular weight is 253 g/mol. The molecule has 0 saturated carbocycles. The van der Waals surface area contributed by atoms with E-state index in [1.807, 2.05) is 10.8 Å². The van der Waals surface area contributed by atoms with E-state index in [4.69, 9.17) is 0 Å². The Morgan fingerprint density at radius 1 is 1.39 bits per heavy atom. The van der Waals surface area contributed by atoms with E-state index in [-0.39, 0.29) is 18.3 Å². The standard InChI is InChI=1S/C12H19N3O3/c1-11(16)15(8-4-12(17)18-2)7-3-6-14-9-5-13-10-14/h5,9-10H,3-4,6-8H2,1-2H3. The summed E-state index contributed by atoms with van der Waals surface area (Å²) in [7, 11) is 1.35. The Morgan fingerprint density at radius 2 is 2.17 bits per heavy atom. The predicted molar refractivity (Wildman–Crippen MR) is 65.7 cm³/mol. The lowest BCUT2D eigenvalue weighted by Crippen LogP contribution is -2.32. The molecule has 1 aromatic rings. The summed E-state index contributed by atoms with van der Waals surface area (Å²) in [6, 6.07) is 0. The summed E-state index contributed by atoms with van der Waals surface area (Å²) < 4.78 is 6.51. The zero-order chi connectivity index (χ0) is 13.4. The minimum absolute atomic E-state index is 0.0236. The van der Waals surface area contributed by atoms with Gasteiger partial charge >= 0.3 is 5.97 Å². The van der Waals surface area contributed by atoms with Crippen molar-refractivity contribution in [3.63, 3.8) is 0 Å². The first-order chi connectivity index (χ1) is 8.63. The van der Waals surface area contributed by atoms with Crippen LogP contribution < -0.4 is 0 Å². The Labute approximate surface area is 107 Å². The molecule has 0 aliphatic carbocycles. The Hall–Kier alpha value is -1.85. The van der Waals surface area contributed by atoms with Crippen molar-refractivity contribution in [1.29, 1.82) is 0 Å². The number of hydrogen-bond acceptors (Lipinski definition) is 4. The van der Waals surface area contributed by atoms with Gasteiger partial charge in [0, 0.05) is 39.0 Å². The minimum atomic E-state index is -0.296. The number of rotatable bonds is 7. The van der Waals surface area contributed by atoms with Gasteiger partial charge in [0.05, 0.1) is 19.9 Å². The number of carbonyl (C=O) groups is 2. The highest BCUT2D eigenvalue weighted by atomic mass is 16.5. The van der Waals surface area contributed by atoms with Gasteiger partial charge in [-0.1, -0.05) is 0 Å². The third kappa shape index (κ3) is 4.99. The van der Waals surface area contributed by atoms with Crippen molar-refractivity contribution in [3.05, 3.63) is 18.7 Å². The molecule has 0 saturated heterocycles. The highest BCUT2D eigenvalue weighted by Gasteiger charge is 2.10. The molecule has 6 nitrogen and oxygen atoms in total. The molecule has 0 N–H and O–H groups in total. The van der Waals surface area contributed by atoms with Crippen LogP contribution in [0.15, 0.2) is 18.7 Å². The summed E-state index contributed by atoms with van der Waals surface area (Å²) in [6.07, 6.45) is 6.41. The zero-order valence-corrected chi connectivity index (χ0v) is 10.8. The van der Waals surface area contributed by atoms with Crippen LogP contribution in [0.2, 0.25) is 0 Å². The largest absolute Gasteiger partial charge is 0.469 e. The Bertz CT molecular complexity index is 376. The highest BCUT2D eigenvalue weighted by molar-refractivity contribution is 5.74. The van der Waals surface area contributed by atoms with Crippen molar-refractivity contribution in [3.8, 4) is 0 Å². The fourth-order valence-electron chi connectivity index (χ4n) is 1.62. The lowest BCUT2D eigenvalue weighted by atomic mass is 10.3. The molecule has 18 heavy (non-hydrogen) atoms. The third-order valence-corrected chi connectivity index (χ3v) is 2.66. The molecule has 0 unspecified atom stereocenters. The van der Waals surface area contributed by atoms with Crippen molar-refractivity contribution in [2.24, 2.45) is 0 Å². The fourth-order valence-corrected chi connectivity index (χ4v) is 1.62. The molecule has 0 bridgehead atoms. The quantitative estimate of drug-likeness (QED) is 0.670. The lowest BCUT2D eigenvalue weighted by Gasteiger charge is -2.20. The Morgan fingerprint density at radius 3 is 2.72 bits per heavy atom. The van der Waals surface area contributed by atoms with Crippen LogP contribution in [-0.4, -0.2) is 46.5 Å². The average Bonchev–Trinajstić information content (AvgIpc) is 2.85. The topological polar surface area (TPSA) is 64.4 Å². The molecular formula is C12H19N3O3. The second-order valence-electron chi connectivity index (χ2n) is 3.99. The summed E-state index contributed by atoms with van der Waals surface area (Å²) in [6.45, 7) is 3.35. The van der Waals surface area contributed by atoms with Crippen molar-refractivity contribution < 1.29 is 14.3 Å². The highest BCUT2D eigenvalue weighted by Crippen LogP contribution is 1.99. The van der Waals surface area contributed by atoms with Crippen molar-refractivity contribution in [2.45, 2.75) is 26.3 Å². The number of hydrogen-bond donors (Lipinski definition) is 0. The maximum Gasteiger partial charge on any atom is 0.307 e. The van der Waals surface area contributed by atoms with E-state index < -0.39 is 0 Å². The van der Waals surface area contributed by atoms with E-state index in [1.165, 1.54) is 14.0 Å². The minimum Gasteiger partial charge on any atom is -0.469 e. The van der Waals surface area contributed by atoms with Crippen LogP contribution in [0, 0.1) is 0 Å². The molecule has 1 aromatic heterocycles. The van der Waals surface area contributed by atoms with Gasteiger partial charge in [0.15, 0.2) is 0 Å². The lowest BCUT2D eigenvalue weighted by molar-refractivity contribution is -0.141. The Balaban J connectivity index is 2.29. The van der Waals surface area contributed by atoms with Crippen LogP contribution in [0.25, 0.3) is 0 Å². The molecule has 1 rings (SSSR count). The molecule has 0 radical (unpaired) electrons. The number of aromatic nitrogens is 2. The molecule has 0 aliphatic heterocycles. The second-order valence-corrected chi connectivity index (χ2v) is 3.99. The molecular weight excluding hydrogens is 234 g/mol. The number of carbonyl (C=O) groups excluding carboxylic acids is 2. The van der Waals surface area contributed by atoms with Crippen LogP contribution in [0.4, 0.5) is 0 Å². The van der Waals surface area contributed by atoms with Gasteiger partial charge in [0.25, 0.3) is 0 Å². The van der Waals surface area contributed by atoms with Crippen LogP contribution in [0.3, 0.4) is 0 Å². The Kier molecular flexibility index (Phi) is 5.90. The molecule has 0 atom stereocenters. The van der Waals surface area contributed by atoms with Gasteiger partial charge in [0.1, 0.15) is 0 Å². The van der Waals surface area contributed by atoms with Crippen molar-refractivity contribution >= 4 is 11.9 Å². The summed E-state index contributed by atoms with van der Waals surface area (Å²) in [5, 5.41) is 0. The molecule has 0 spiro atoms. The summed E-state index contributed by atoms with van der Waals surface area (Å²) in [5.74, 6) is -0.319. The van der Waals surface area contributed by atoms with Gasteiger partial charge in [-0.3, -0.25) is 9.59 Å². The molecule has 0 fully saturated rings. The van der Waals surface area contributed by atoms with Crippen LogP contribution >= 0.6 is 0 Å². The first-order valence-electron chi connectivity index (χ1n) is 5.91. The normalized spacial score (nSPS) is 10.1. The van der Waals surface area contributed by atoms with Crippen LogP contribution in [0.1, 0.15) is 19.8 Å². The van der Waals surface area contributed by atoms with E-state index in [1.54, 1.807) is 17.4 Å². The summed E-state index contributed by atoms with van der Waals surface area (Å²) in [5.41, 5.74) is 0. The van der Waals surface area contributed by atoms with E-state index in [0.717, 1.165) is 13.0 Å². The van der Waals surface area contributed by atoms with Gasteiger partial charge in [-0.05, 0) is 6.42 Å². The number of esters is 1. The molecule has 1 amide bonds. The smallest absolute Gasteiger partial charge is 0.307 e. The molecule has 0 aliphatic rings. The van der Waals surface area contributed by atoms with Gasteiger partial charge in [-0.2, -0.15) is 0 Å². The first kappa shape index (κ1) is 14.2. The van der Waals surface area contributed by atoms with Crippen LogP contribution in [-0.2, 0) is 20.9 Å². The van der Waals surface area contributed by atoms with E-state index >= 15 is 0 Å². The number of aryl methyl sites for hydroxylation is 1. The first-order valence-corrected chi connectivity index (χ1v) is 5.91. The zero-order valence-electron chi connectivity index (χ0n) is 10.8. The molecule has 1 heterocycles. The van der Waals surface area contributed by atoms with E-state index in [2.05, 4.69) is 9.72 Å². The van der Waals surface area contributed by atoms with Crippen molar-refractivity contribution in [2.75, 3.05) is 20.2 Å². The van der Waals surface area contributed by atoms with Crippen LogP contribution in [0.5, 0.6) is 0 Å². The number of ether oxygens (including phenoxy) is 1. The van der Waals surface area contributed by atoms with Gasteiger partial charge in [-0.15, -0.1) is 0 Å². The predicted octanol–water partition coefficient (Wildman–Crippen LogP) is 0.685. The fraction of sp³-hybridized carbons (Fsp3) is 0.583. The third-order valence-electron chi connectivity index (χ3n) is 2.66. The summed E-state index contributed by atoms with van der Waals surface area (Å²) >= 11 is 0. The van der Waals surface area contributed by atoms with Gasteiger partial charge in [0.2, 0.25) is 5.91 Å². The number of imidazole rings is 1.